The number of hydrogen-bond donors (Lipinski definition) is 0. The lowest BCUT2D eigenvalue weighted by Crippen LogP contribution is -2.10. The van der Waals surface area contributed by atoms with Crippen molar-refractivity contribution in [2.75, 3.05) is 0 Å². The van der Waals surface area contributed by atoms with Gasteiger partial charge in [0.15, 0.2) is 1.37 Å². The normalized spacial score (nSPS) is 11.2. The summed E-state index contributed by atoms with van der Waals surface area (Å²) in [5.74, 6) is 0. The first-order valence-electron chi connectivity index (χ1n) is 3.77. The molecule has 2 aromatic rings. The summed E-state index contributed by atoms with van der Waals surface area (Å²) in [5.41, 5.74) is 1.17. The Morgan fingerprint density at radius 3 is 3.25 bits per heavy atom. The second-order valence-corrected chi connectivity index (χ2v) is 2.13. The van der Waals surface area contributed by atoms with Gasteiger partial charge in [-0.25, -0.2) is 0 Å². The summed E-state index contributed by atoms with van der Waals surface area (Å²) >= 11 is 0. The molecular formula is C7H5N3O2. The Morgan fingerprint density at radius 2 is 2.42 bits per heavy atom. The first-order chi connectivity index (χ1) is 6.27. The van der Waals surface area contributed by atoms with Gasteiger partial charge in [0, 0.05) is 0 Å². The topological polar surface area (TPSA) is 57.0 Å². The van der Waals surface area contributed by atoms with E-state index in [4.69, 9.17) is 1.37 Å². The van der Waals surface area contributed by atoms with Gasteiger partial charge >= 0.3 is 6.45 Å². The van der Waals surface area contributed by atoms with Gasteiger partial charge in [-0.2, -0.15) is 0 Å². The van der Waals surface area contributed by atoms with Crippen LogP contribution in [0.2, 0.25) is 0 Å². The number of fused-ring (bicyclic) bond motifs is 1. The number of benzene rings is 1. The van der Waals surface area contributed by atoms with Crippen molar-refractivity contribution >= 4 is 17.5 Å². The molecular weight excluding hydrogens is 158 g/mol. The fourth-order valence-corrected chi connectivity index (χ4v) is 0.950. The summed E-state index contributed by atoms with van der Waals surface area (Å²) in [5, 5.41) is 7.26. The summed E-state index contributed by atoms with van der Waals surface area (Å²) in [6.07, 6.45) is -1.17. The highest BCUT2D eigenvalue weighted by Gasteiger charge is 2.01. The minimum atomic E-state index is -1.17. The molecule has 1 heterocycles. The number of para-hydroxylation sites is 1. The molecule has 12 heavy (non-hydrogen) atoms. The van der Waals surface area contributed by atoms with Gasteiger partial charge < -0.3 is 4.84 Å². The highest BCUT2D eigenvalue weighted by molar-refractivity contribution is 5.73. The average Bonchev–Trinajstić information content (AvgIpc) is 2.48. The number of hydrogen-bond acceptors (Lipinski definition) is 4. The molecule has 0 amide bonds. The van der Waals surface area contributed by atoms with Gasteiger partial charge in [0.05, 0.1) is 0 Å². The predicted octanol–water partition coefficient (Wildman–Crippen LogP) is 0.0163. The lowest BCUT2D eigenvalue weighted by molar-refractivity contribution is -0.130. The van der Waals surface area contributed by atoms with Crippen LogP contribution in [0.5, 0.6) is 0 Å². The highest BCUT2D eigenvalue weighted by Crippen LogP contribution is 2.07. The third-order valence-electron chi connectivity index (χ3n) is 1.45. The first kappa shape index (κ1) is 5.70. The van der Waals surface area contributed by atoms with Crippen LogP contribution in [-0.2, 0) is 4.79 Å². The van der Waals surface area contributed by atoms with Crippen molar-refractivity contribution in [3.8, 4) is 0 Å². The molecule has 0 saturated heterocycles. The largest absolute Gasteiger partial charge is 0.323 e. The molecule has 5 heteroatoms. The van der Waals surface area contributed by atoms with Crippen LogP contribution in [0.25, 0.3) is 11.0 Å². The molecule has 0 aliphatic rings. The van der Waals surface area contributed by atoms with Crippen molar-refractivity contribution in [1.82, 2.24) is 15.2 Å². The van der Waals surface area contributed by atoms with Crippen LogP contribution in [0, 0.1) is 0 Å². The van der Waals surface area contributed by atoms with Gasteiger partial charge in [-0.15, -0.1) is 5.10 Å². The highest BCUT2D eigenvalue weighted by atomic mass is 16.7. The SMILES string of the molecule is [3H]C(=O)On1nnc2ccccc21. The van der Waals surface area contributed by atoms with Crippen molar-refractivity contribution in [2.24, 2.45) is 0 Å². The molecule has 0 unspecified atom stereocenters. The standard InChI is InChI=1S/C7H5N3O2/c11-5-12-10-7-4-2-1-3-6(7)8-9-10/h1-5H/i5T. The van der Waals surface area contributed by atoms with E-state index in [2.05, 4.69) is 15.1 Å². The molecule has 0 radical (unpaired) electrons. The van der Waals surface area contributed by atoms with Crippen LogP contribution >= 0.6 is 0 Å². The minimum Gasteiger partial charge on any atom is -0.321 e. The summed E-state index contributed by atoms with van der Waals surface area (Å²) in [4.78, 5) is 15.7. The Balaban J connectivity index is 2.51. The lowest BCUT2D eigenvalue weighted by Gasteiger charge is -1.93. The van der Waals surface area contributed by atoms with Crippen molar-refractivity contribution < 1.29 is 11.0 Å². The minimum absolute atomic E-state index is 0.558. The molecule has 0 aliphatic carbocycles. The van der Waals surface area contributed by atoms with Gasteiger partial charge in [0.1, 0.15) is 11.0 Å². The molecule has 0 saturated carbocycles. The molecule has 0 fully saturated rings. The lowest BCUT2D eigenvalue weighted by atomic mass is 10.3. The molecule has 0 aliphatic heterocycles. The Morgan fingerprint density at radius 1 is 1.58 bits per heavy atom. The number of carbonyl (C=O) groups is 1. The number of nitrogens with zero attached hydrogens (tertiary/aromatic N) is 3. The Hall–Kier alpha value is -1.91. The van der Waals surface area contributed by atoms with Crippen LogP contribution in [0.15, 0.2) is 24.3 Å². The second kappa shape index (κ2) is 2.61. The summed E-state index contributed by atoms with van der Waals surface area (Å²) < 4.78 is 6.58. The quantitative estimate of drug-likeness (QED) is 0.441. The van der Waals surface area contributed by atoms with Crippen molar-refractivity contribution in [1.29, 1.82) is 0 Å². The van der Waals surface area contributed by atoms with E-state index in [1.165, 1.54) is 0 Å². The van der Waals surface area contributed by atoms with Gasteiger partial charge in [0.2, 0.25) is 0 Å². The van der Waals surface area contributed by atoms with Crippen molar-refractivity contribution in [2.45, 2.75) is 0 Å². The molecule has 1 aromatic heterocycles. The van der Waals surface area contributed by atoms with Crippen molar-refractivity contribution in [3.05, 3.63) is 24.3 Å². The first-order valence-corrected chi connectivity index (χ1v) is 3.27. The van der Waals surface area contributed by atoms with E-state index in [1.54, 1.807) is 24.3 Å². The van der Waals surface area contributed by atoms with Gasteiger partial charge in [-0.3, -0.25) is 4.79 Å². The zero-order chi connectivity index (χ0) is 9.26. The molecule has 5 nitrogen and oxygen atoms in total. The van der Waals surface area contributed by atoms with E-state index in [9.17, 15) is 4.79 Å². The maximum Gasteiger partial charge on any atom is 0.323 e. The Labute approximate surface area is 68.9 Å². The molecule has 0 spiro atoms. The summed E-state index contributed by atoms with van der Waals surface area (Å²) in [6.45, 7) is 0. The monoisotopic (exact) mass is 165 g/mol. The van der Waals surface area contributed by atoms with Gasteiger partial charge in [-0.1, -0.05) is 17.0 Å². The fraction of sp³-hybridized carbons (Fsp3) is 0. The Kier molecular flexibility index (Phi) is 1.24. The van der Waals surface area contributed by atoms with E-state index in [1.807, 2.05) is 0 Å². The van der Waals surface area contributed by atoms with Crippen LogP contribution < -0.4 is 4.84 Å². The van der Waals surface area contributed by atoms with Gasteiger partial charge in [-0.05, 0) is 17.3 Å². The second-order valence-electron chi connectivity index (χ2n) is 2.13. The van der Waals surface area contributed by atoms with E-state index < -0.39 is 6.45 Å². The maximum absolute atomic E-state index is 10.3. The number of rotatable bonds is 1. The molecule has 60 valence electrons. The van der Waals surface area contributed by atoms with Crippen LogP contribution in [0.3, 0.4) is 0 Å². The third kappa shape index (κ3) is 0.914. The van der Waals surface area contributed by atoms with E-state index >= 15 is 0 Å². The van der Waals surface area contributed by atoms with E-state index in [0.29, 0.717) is 11.0 Å². The zero-order valence-corrected chi connectivity index (χ0v) is 5.97. The van der Waals surface area contributed by atoms with Gasteiger partial charge in [0.25, 0.3) is 0 Å². The maximum atomic E-state index is 10.3. The summed E-state index contributed by atoms with van der Waals surface area (Å²) in [7, 11) is 0. The number of aromatic nitrogens is 3. The van der Waals surface area contributed by atoms with Crippen LogP contribution in [0.4, 0.5) is 0 Å². The molecule has 2 rings (SSSR count). The Bertz CT molecular complexity index is 454. The molecule has 0 bridgehead atoms. The fourth-order valence-electron chi connectivity index (χ4n) is 0.950. The molecule has 0 N–H and O–H groups in total. The molecule has 0 atom stereocenters. The van der Waals surface area contributed by atoms with E-state index in [0.717, 1.165) is 4.85 Å². The summed E-state index contributed by atoms with van der Waals surface area (Å²) in [6, 6.07) is 6.98. The van der Waals surface area contributed by atoms with E-state index in [-0.39, 0.29) is 0 Å². The van der Waals surface area contributed by atoms with Crippen molar-refractivity contribution in [3.63, 3.8) is 0 Å². The van der Waals surface area contributed by atoms with Crippen LogP contribution in [-0.4, -0.2) is 21.6 Å². The average molecular weight is 165 g/mol. The third-order valence-corrected chi connectivity index (χ3v) is 1.45. The molecule has 1 aromatic carbocycles. The predicted molar refractivity (Wildman–Crippen MR) is 40.2 cm³/mol. The van der Waals surface area contributed by atoms with Crippen LogP contribution in [0.1, 0.15) is 1.37 Å². The zero-order valence-electron chi connectivity index (χ0n) is 6.97. The smallest absolute Gasteiger partial charge is 0.321 e. The number of carbonyl (C=O) groups excluding carboxylic acids is 1.